The molecule has 1 aliphatic heterocycles. The fourth-order valence-corrected chi connectivity index (χ4v) is 2.21. The molecular formula is C11H14F3N5O4S. The summed E-state index contributed by atoms with van der Waals surface area (Å²) in [6.45, 7) is -0.111. The van der Waals surface area contributed by atoms with Gasteiger partial charge in [-0.15, -0.1) is 4.94 Å². The number of nitrogens with zero attached hydrogens (tertiary/aromatic N) is 2. The van der Waals surface area contributed by atoms with E-state index in [0.717, 1.165) is 17.3 Å². The van der Waals surface area contributed by atoms with Gasteiger partial charge in [-0.1, -0.05) is 17.4 Å². The number of hydroxylamine groups is 3. The lowest BCUT2D eigenvalue weighted by molar-refractivity contribution is -0.306. The highest BCUT2D eigenvalue weighted by Crippen LogP contribution is 2.37. The number of rotatable bonds is 6. The third-order valence-corrected chi connectivity index (χ3v) is 3.40. The van der Waals surface area contributed by atoms with Gasteiger partial charge < -0.3 is 5.32 Å². The summed E-state index contributed by atoms with van der Waals surface area (Å²) >= 11 is 0. The number of anilines is 1. The van der Waals surface area contributed by atoms with Crippen molar-refractivity contribution in [2.45, 2.75) is 6.18 Å². The lowest BCUT2D eigenvalue weighted by Gasteiger charge is -2.19. The summed E-state index contributed by atoms with van der Waals surface area (Å²) in [5.41, 5.74) is -1.28. The van der Waals surface area contributed by atoms with Gasteiger partial charge in [-0.2, -0.15) is 26.7 Å². The van der Waals surface area contributed by atoms with Gasteiger partial charge in [0.15, 0.2) is 5.82 Å². The summed E-state index contributed by atoms with van der Waals surface area (Å²) in [6, 6.07) is 4.64. The second-order valence-corrected chi connectivity index (χ2v) is 5.95. The largest absolute Gasteiger partial charge is 0.418 e. The van der Waals surface area contributed by atoms with Crippen molar-refractivity contribution in [2.24, 2.45) is 5.14 Å². The summed E-state index contributed by atoms with van der Waals surface area (Å²) in [5, 5.41) is 17.8. The molecule has 1 heterocycles. The third-order valence-electron chi connectivity index (χ3n) is 2.79. The van der Waals surface area contributed by atoms with Gasteiger partial charge in [0.2, 0.25) is 0 Å². The Bertz CT molecular complexity index is 725. The number of hydrogen-bond acceptors (Lipinski definition) is 7. The zero-order valence-corrected chi connectivity index (χ0v) is 12.8. The first-order valence-corrected chi connectivity index (χ1v) is 7.98. The van der Waals surface area contributed by atoms with Crippen LogP contribution >= 0.6 is 0 Å². The number of alkyl halides is 3. The Morgan fingerprint density at radius 1 is 1.25 bits per heavy atom. The number of halogens is 3. The molecule has 0 saturated heterocycles. The molecule has 24 heavy (non-hydrogen) atoms. The van der Waals surface area contributed by atoms with Crippen LogP contribution in [0.5, 0.6) is 0 Å². The molecular weight excluding hydrogens is 355 g/mol. The predicted octanol–water partition coefficient (Wildman–Crippen LogP) is 0.245. The highest BCUT2D eigenvalue weighted by Gasteiger charge is 2.36. The van der Waals surface area contributed by atoms with Crippen molar-refractivity contribution >= 4 is 15.9 Å². The van der Waals surface area contributed by atoms with E-state index in [0.29, 0.717) is 0 Å². The van der Waals surface area contributed by atoms with Gasteiger partial charge in [0, 0.05) is 13.1 Å². The Hall–Kier alpha value is -2.06. The minimum atomic E-state index is -4.61. The van der Waals surface area contributed by atoms with Crippen molar-refractivity contribution in [3.63, 3.8) is 0 Å². The summed E-state index contributed by atoms with van der Waals surface area (Å²) < 4.78 is 62.3. The van der Waals surface area contributed by atoms with Crippen molar-refractivity contribution in [3.05, 3.63) is 41.8 Å². The fourth-order valence-electron chi connectivity index (χ4n) is 1.83. The molecule has 134 valence electrons. The molecule has 1 aliphatic rings. The van der Waals surface area contributed by atoms with Crippen molar-refractivity contribution in [3.8, 4) is 0 Å². The Kier molecular flexibility index (Phi) is 5.19. The van der Waals surface area contributed by atoms with Crippen molar-refractivity contribution < 1.29 is 31.7 Å². The molecule has 13 heteroatoms. The van der Waals surface area contributed by atoms with Gasteiger partial charge >= 0.3 is 6.18 Å². The summed E-state index contributed by atoms with van der Waals surface area (Å²) in [7, 11) is -3.86. The third kappa shape index (κ3) is 4.72. The normalized spacial score (nSPS) is 15.6. The van der Waals surface area contributed by atoms with E-state index in [1.54, 1.807) is 0 Å². The van der Waals surface area contributed by atoms with E-state index in [9.17, 15) is 26.8 Å². The maximum Gasteiger partial charge on any atom is 0.418 e. The molecule has 0 spiro atoms. The van der Waals surface area contributed by atoms with E-state index in [2.05, 4.69) is 5.32 Å². The lowest BCUT2D eigenvalue weighted by Crippen LogP contribution is -2.37. The molecule has 0 unspecified atom stereocenters. The van der Waals surface area contributed by atoms with Crippen LogP contribution in [-0.2, 0) is 21.3 Å². The molecule has 5 N–H and O–H groups in total. The van der Waals surface area contributed by atoms with Crippen molar-refractivity contribution in [1.29, 1.82) is 0 Å². The van der Waals surface area contributed by atoms with Crippen LogP contribution in [0.4, 0.5) is 18.9 Å². The monoisotopic (exact) mass is 369 g/mol. The van der Waals surface area contributed by atoms with Gasteiger partial charge in [-0.3, -0.25) is 5.21 Å². The lowest BCUT2D eigenvalue weighted by atomic mass is 10.1. The molecule has 0 amide bonds. The molecule has 0 radical (unpaired) electrons. The SMILES string of the molecule is NS(=O)(=O)NCCNC1=CN(c2ccccc2C(F)(F)F)ON1O. The average molecular weight is 369 g/mol. The fraction of sp³-hybridized carbons (Fsp3) is 0.273. The van der Waals surface area contributed by atoms with Gasteiger partial charge in [0.1, 0.15) is 0 Å². The molecule has 0 saturated carbocycles. The number of hydrogen-bond donors (Lipinski definition) is 4. The summed E-state index contributed by atoms with van der Waals surface area (Å²) in [4.78, 5) is 4.80. The molecule has 0 bridgehead atoms. The van der Waals surface area contributed by atoms with E-state index in [1.807, 2.05) is 4.72 Å². The second kappa shape index (κ2) is 6.82. The molecule has 1 aromatic carbocycles. The first kappa shape index (κ1) is 18.3. The highest BCUT2D eigenvalue weighted by atomic mass is 32.2. The minimum Gasteiger partial charge on any atom is -0.365 e. The van der Waals surface area contributed by atoms with E-state index >= 15 is 0 Å². The van der Waals surface area contributed by atoms with E-state index in [-0.39, 0.29) is 29.8 Å². The van der Waals surface area contributed by atoms with Crippen molar-refractivity contribution in [1.82, 2.24) is 15.3 Å². The molecule has 0 aliphatic carbocycles. The number of nitrogens with two attached hydrogens (primary N) is 1. The highest BCUT2D eigenvalue weighted by molar-refractivity contribution is 7.87. The number of para-hydroxylation sites is 1. The van der Waals surface area contributed by atoms with Crippen LogP contribution < -0.4 is 20.2 Å². The van der Waals surface area contributed by atoms with Gasteiger partial charge in [-0.05, 0) is 12.1 Å². The smallest absolute Gasteiger partial charge is 0.365 e. The Balaban J connectivity index is 2.08. The standard InChI is InChI=1S/C11H14F3N5O4S/c12-11(13,14)8-3-1-2-4-9(8)18-7-10(19(20)23-18)16-5-6-17-24(15,21)22/h1-4,7,16-17,20H,5-6H2,(H2,15,21,22). The van der Waals surface area contributed by atoms with E-state index in [4.69, 9.17) is 10.1 Å². The van der Waals surface area contributed by atoms with Crippen LogP contribution in [0.2, 0.25) is 0 Å². The Morgan fingerprint density at radius 3 is 2.54 bits per heavy atom. The zero-order chi connectivity index (χ0) is 18.0. The molecule has 1 aromatic rings. The van der Waals surface area contributed by atoms with E-state index in [1.165, 1.54) is 18.2 Å². The van der Waals surface area contributed by atoms with Gasteiger partial charge in [0.05, 0.1) is 17.5 Å². The van der Waals surface area contributed by atoms with Gasteiger partial charge in [0.25, 0.3) is 10.2 Å². The van der Waals surface area contributed by atoms with Crippen LogP contribution in [0.1, 0.15) is 5.56 Å². The quantitative estimate of drug-likeness (QED) is 0.531. The van der Waals surface area contributed by atoms with Crippen LogP contribution in [0.3, 0.4) is 0 Å². The van der Waals surface area contributed by atoms with Crippen molar-refractivity contribution in [2.75, 3.05) is 18.2 Å². The Morgan fingerprint density at radius 2 is 1.92 bits per heavy atom. The average Bonchev–Trinajstić information content (AvgIpc) is 2.83. The van der Waals surface area contributed by atoms with Crippen LogP contribution in [0, 0.1) is 0 Å². The maximum absolute atomic E-state index is 13.0. The van der Waals surface area contributed by atoms with Gasteiger partial charge in [-0.25, -0.2) is 9.86 Å². The first-order chi connectivity index (χ1) is 11.1. The van der Waals surface area contributed by atoms with Crippen LogP contribution in [0.25, 0.3) is 0 Å². The summed E-state index contributed by atoms with van der Waals surface area (Å²) in [5.74, 6) is -0.0943. The maximum atomic E-state index is 13.0. The zero-order valence-electron chi connectivity index (χ0n) is 12.0. The molecule has 2 rings (SSSR count). The molecule has 0 aromatic heterocycles. The number of benzene rings is 1. The van der Waals surface area contributed by atoms with Crippen LogP contribution in [-0.4, -0.2) is 31.9 Å². The second-order valence-electron chi connectivity index (χ2n) is 4.58. The topological polar surface area (TPSA) is 120 Å². The minimum absolute atomic E-state index is 0.00254. The first-order valence-electron chi connectivity index (χ1n) is 6.43. The van der Waals surface area contributed by atoms with Crippen LogP contribution in [0.15, 0.2) is 36.3 Å². The number of nitrogens with one attached hydrogen (secondary N) is 2. The Labute approximate surface area is 135 Å². The molecule has 0 fully saturated rings. The van der Waals surface area contributed by atoms with E-state index < -0.39 is 21.9 Å². The predicted molar refractivity (Wildman–Crippen MR) is 75.8 cm³/mol. The summed E-state index contributed by atoms with van der Waals surface area (Å²) in [6.07, 6.45) is -3.54. The molecule has 9 nitrogen and oxygen atoms in total. The molecule has 0 atom stereocenters.